The van der Waals surface area contributed by atoms with Crippen LogP contribution in [-0.2, 0) is 6.67 Å². The standard InChI is InChI=1S/C15H25N6/c1-3-4-6-9-17-19-14-12-18-20(15(14)16)13-21(2)10-7-5-8-11-21/h5,7-8,10,12H,3-4,6,9,11,13,16H2,1-2H3/q+1. The summed E-state index contributed by atoms with van der Waals surface area (Å²) in [7, 11) is 2.15. The molecule has 6 heteroatoms. The Labute approximate surface area is 126 Å². The quantitative estimate of drug-likeness (QED) is 0.475. The number of hydrogen-bond donors (Lipinski definition) is 1. The molecule has 1 aliphatic heterocycles. The van der Waals surface area contributed by atoms with Crippen molar-refractivity contribution >= 4 is 11.5 Å². The molecule has 0 bridgehead atoms. The van der Waals surface area contributed by atoms with Gasteiger partial charge in [-0.25, -0.2) is 0 Å². The van der Waals surface area contributed by atoms with E-state index >= 15 is 0 Å². The molecule has 0 saturated carbocycles. The van der Waals surface area contributed by atoms with Crippen molar-refractivity contribution < 1.29 is 4.48 Å². The first-order valence-electron chi connectivity index (χ1n) is 7.52. The number of azo groups is 1. The summed E-state index contributed by atoms with van der Waals surface area (Å²) in [5.74, 6) is 0.580. The minimum absolute atomic E-state index is 0.580. The average molecular weight is 289 g/mol. The lowest BCUT2D eigenvalue weighted by Gasteiger charge is -2.30. The van der Waals surface area contributed by atoms with E-state index in [1.807, 2.05) is 0 Å². The van der Waals surface area contributed by atoms with Crippen LogP contribution in [0.5, 0.6) is 0 Å². The van der Waals surface area contributed by atoms with Gasteiger partial charge in [-0.3, -0.25) is 4.48 Å². The number of nitrogens with zero attached hydrogens (tertiary/aromatic N) is 5. The zero-order valence-electron chi connectivity index (χ0n) is 12.9. The molecule has 6 nitrogen and oxygen atoms in total. The van der Waals surface area contributed by atoms with E-state index in [1.165, 1.54) is 12.8 Å². The molecule has 0 fully saturated rings. The summed E-state index contributed by atoms with van der Waals surface area (Å²) in [6.07, 6.45) is 13.5. The number of likely N-dealkylation sites (N-methyl/N-ethyl adjacent to an activating group) is 1. The Hall–Kier alpha value is -1.95. The molecule has 0 radical (unpaired) electrons. The number of allylic oxidation sites excluding steroid dienone is 2. The fourth-order valence-electron chi connectivity index (χ4n) is 2.24. The van der Waals surface area contributed by atoms with Gasteiger partial charge < -0.3 is 5.73 Å². The Morgan fingerprint density at radius 2 is 2.24 bits per heavy atom. The molecule has 0 aromatic carbocycles. The number of rotatable bonds is 7. The van der Waals surface area contributed by atoms with Gasteiger partial charge in [0.1, 0.15) is 12.2 Å². The van der Waals surface area contributed by atoms with Crippen molar-refractivity contribution in [3.63, 3.8) is 0 Å². The summed E-state index contributed by atoms with van der Waals surface area (Å²) >= 11 is 0. The first-order chi connectivity index (χ1) is 10.1. The molecule has 1 unspecified atom stereocenters. The van der Waals surface area contributed by atoms with E-state index in [9.17, 15) is 0 Å². The van der Waals surface area contributed by atoms with Crippen molar-refractivity contribution in [3.8, 4) is 0 Å². The summed E-state index contributed by atoms with van der Waals surface area (Å²) in [5, 5.41) is 12.7. The maximum atomic E-state index is 6.11. The van der Waals surface area contributed by atoms with Gasteiger partial charge in [-0.1, -0.05) is 25.8 Å². The van der Waals surface area contributed by atoms with Crippen LogP contribution in [0.2, 0.25) is 0 Å². The van der Waals surface area contributed by atoms with Crippen molar-refractivity contribution in [2.24, 2.45) is 10.2 Å². The molecular formula is C15H25N6+. The Balaban J connectivity index is 1.97. The van der Waals surface area contributed by atoms with E-state index in [1.54, 1.807) is 10.9 Å². The van der Waals surface area contributed by atoms with Gasteiger partial charge >= 0.3 is 0 Å². The van der Waals surface area contributed by atoms with Gasteiger partial charge in [0, 0.05) is 0 Å². The second-order valence-electron chi connectivity index (χ2n) is 5.66. The Morgan fingerprint density at radius 1 is 1.38 bits per heavy atom. The fourth-order valence-corrected chi connectivity index (χ4v) is 2.24. The molecule has 2 N–H and O–H groups in total. The lowest BCUT2D eigenvalue weighted by molar-refractivity contribution is -0.877. The highest BCUT2D eigenvalue weighted by Crippen LogP contribution is 2.23. The maximum Gasteiger partial charge on any atom is 0.180 e. The molecule has 21 heavy (non-hydrogen) atoms. The zero-order valence-corrected chi connectivity index (χ0v) is 12.9. The van der Waals surface area contributed by atoms with E-state index in [2.05, 4.69) is 53.7 Å². The van der Waals surface area contributed by atoms with Crippen molar-refractivity contribution in [2.75, 3.05) is 25.9 Å². The minimum atomic E-state index is 0.580. The monoisotopic (exact) mass is 289 g/mol. The predicted molar refractivity (Wildman–Crippen MR) is 84.9 cm³/mol. The summed E-state index contributed by atoms with van der Waals surface area (Å²) in [5.41, 5.74) is 6.78. The number of aromatic nitrogens is 2. The largest absolute Gasteiger partial charge is 0.382 e. The molecule has 0 amide bonds. The Kier molecular flexibility index (Phi) is 5.27. The van der Waals surface area contributed by atoms with Gasteiger partial charge in [0.15, 0.2) is 12.5 Å². The van der Waals surface area contributed by atoms with Crippen LogP contribution in [0.25, 0.3) is 0 Å². The molecule has 114 valence electrons. The second kappa shape index (κ2) is 7.17. The highest BCUT2D eigenvalue weighted by atomic mass is 15.5. The molecule has 0 spiro atoms. The van der Waals surface area contributed by atoms with Crippen molar-refractivity contribution in [2.45, 2.75) is 32.9 Å². The van der Waals surface area contributed by atoms with Crippen molar-refractivity contribution in [1.82, 2.24) is 9.78 Å². The van der Waals surface area contributed by atoms with Gasteiger partial charge in [0.05, 0.1) is 26.0 Å². The SMILES string of the molecule is CCCCCN=Nc1cnn(C[N+]2(C)C=CC=CC2)c1N. The van der Waals surface area contributed by atoms with Crippen LogP contribution in [0.15, 0.2) is 40.9 Å². The third-order valence-electron chi connectivity index (χ3n) is 3.57. The highest BCUT2D eigenvalue weighted by molar-refractivity contribution is 5.55. The summed E-state index contributed by atoms with van der Waals surface area (Å²) < 4.78 is 2.54. The number of anilines is 1. The van der Waals surface area contributed by atoms with Gasteiger partial charge in [0.2, 0.25) is 0 Å². The molecule has 1 atom stereocenters. The lowest BCUT2D eigenvalue weighted by atomic mass is 10.3. The van der Waals surface area contributed by atoms with Crippen LogP contribution >= 0.6 is 0 Å². The van der Waals surface area contributed by atoms with Crippen molar-refractivity contribution in [3.05, 3.63) is 30.6 Å². The predicted octanol–water partition coefficient (Wildman–Crippen LogP) is 3.23. The van der Waals surface area contributed by atoms with Gasteiger partial charge in [0.25, 0.3) is 0 Å². The second-order valence-corrected chi connectivity index (χ2v) is 5.66. The van der Waals surface area contributed by atoms with Gasteiger partial charge in [-0.05, 0) is 18.6 Å². The Morgan fingerprint density at radius 3 is 2.95 bits per heavy atom. The first-order valence-corrected chi connectivity index (χ1v) is 7.52. The number of hydrogen-bond acceptors (Lipinski definition) is 4. The zero-order chi connectivity index (χ0) is 15.1. The van der Waals surface area contributed by atoms with E-state index < -0.39 is 0 Å². The van der Waals surface area contributed by atoms with Crippen LogP contribution < -0.4 is 5.73 Å². The molecular weight excluding hydrogens is 264 g/mol. The molecule has 1 aromatic rings. The van der Waals surface area contributed by atoms with Crippen molar-refractivity contribution in [1.29, 1.82) is 0 Å². The first kappa shape index (κ1) is 15.4. The van der Waals surface area contributed by atoms with Crippen LogP contribution in [0.1, 0.15) is 26.2 Å². The van der Waals surface area contributed by atoms with Gasteiger partial charge in [-0.15, -0.1) is 0 Å². The molecule has 2 heterocycles. The minimum Gasteiger partial charge on any atom is -0.382 e. The average Bonchev–Trinajstić information content (AvgIpc) is 2.80. The van der Waals surface area contributed by atoms with Crippen LogP contribution in [0.4, 0.5) is 11.5 Å². The summed E-state index contributed by atoms with van der Waals surface area (Å²) in [4.78, 5) is 0. The summed E-state index contributed by atoms with van der Waals surface area (Å²) in [6.45, 7) is 4.55. The van der Waals surface area contributed by atoms with Crippen LogP contribution in [0, 0.1) is 0 Å². The number of nitrogen functional groups attached to an aromatic ring is 1. The topological polar surface area (TPSA) is 68.6 Å². The number of unbranched alkanes of at least 4 members (excludes halogenated alkanes) is 2. The Bertz CT molecular complexity index is 542. The van der Waals surface area contributed by atoms with Crippen LogP contribution in [0.3, 0.4) is 0 Å². The molecule has 0 aliphatic carbocycles. The highest BCUT2D eigenvalue weighted by Gasteiger charge is 2.21. The smallest absolute Gasteiger partial charge is 0.180 e. The molecule has 1 aliphatic rings. The van der Waals surface area contributed by atoms with E-state index in [4.69, 9.17) is 5.73 Å². The lowest BCUT2D eigenvalue weighted by Crippen LogP contribution is -2.41. The van der Waals surface area contributed by atoms with Gasteiger partial charge in [-0.2, -0.15) is 20.0 Å². The normalized spacial score (nSPS) is 21.4. The summed E-state index contributed by atoms with van der Waals surface area (Å²) in [6, 6.07) is 0. The fraction of sp³-hybridized carbons (Fsp3) is 0.533. The van der Waals surface area contributed by atoms with E-state index in [0.29, 0.717) is 18.2 Å². The third-order valence-corrected chi connectivity index (χ3v) is 3.57. The van der Waals surface area contributed by atoms with Crippen LogP contribution in [-0.4, -0.2) is 34.4 Å². The molecule has 1 aromatic heterocycles. The molecule has 0 saturated heterocycles. The maximum absolute atomic E-state index is 6.11. The molecule has 2 rings (SSSR count). The van der Waals surface area contributed by atoms with E-state index in [0.717, 1.165) is 24.0 Å². The number of nitrogens with two attached hydrogens (primary N) is 1. The third kappa shape index (κ3) is 4.26. The number of quaternary nitrogens is 1. The van der Waals surface area contributed by atoms with E-state index in [-0.39, 0.29) is 0 Å².